The first-order valence-electron chi connectivity index (χ1n) is 6.39. The third-order valence-corrected chi connectivity index (χ3v) is 4.95. The molecule has 0 fully saturated rings. The summed E-state index contributed by atoms with van der Waals surface area (Å²) in [6, 6.07) is 8.76. The van der Waals surface area contributed by atoms with Crippen molar-refractivity contribution < 1.29 is 0 Å². The minimum Gasteiger partial charge on any atom is -0.364 e. The summed E-state index contributed by atoms with van der Waals surface area (Å²) in [5.41, 5.74) is 3.04. The molecule has 2 nitrogen and oxygen atoms in total. The van der Waals surface area contributed by atoms with Gasteiger partial charge in [0.05, 0.1) is 6.54 Å². The second-order valence-electron chi connectivity index (χ2n) is 4.77. The largest absolute Gasteiger partial charge is 0.364 e. The zero-order valence-corrected chi connectivity index (χ0v) is 11.0. The van der Waals surface area contributed by atoms with Crippen LogP contribution in [0.15, 0.2) is 29.3 Å². The van der Waals surface area contributed by atoms with Gasteiger partial charge in [0.15, 0.2) is 5.17 Å². The number of hydrogen-bond acceptors (Lipinski definition) is 3. The SMILES string of the molecule is CCC1CN=C(NCC2Cc3ccccc32)S1. The van der Waals surface area contributed by atoms with Gasteiger partial charge in [0, 0.05) is 17.7 Å². The second kappa shape index (κ2) is 4.73. The van der Waals surface area contributed by atoms with Gasteiger partial charge in [-0.3, -0.25) is 4.99 Å². The van der Waals surface area contributed by atoms with E-state index in [0.29, 0.717) is 11.2 Å². The van der Waals surface area contributed by atoms with Crippen molar-refractivity contribution in [3.63, 3.8) is 0 Å². The van der Waals surface area contributed by atoms with Crippen molar-refractivity contribution in [1.29, 1.82) is 0 Å². The molecule has 90 valence electrons. The van der Waals surface area contributed by atoms with E-state index in [1.54, 1.807) is 0 Å². The Morgan fingerprint density at radius 2 is 2.29 bits per heavy atom. The maximum atomic E-state index is 4.54. The molecule has 2 aliphatic rings. The summed E-state index contributed by atoms with van der Waals surface area (Å²) in [5, 5.41) is 5.36. The van der Waals surface area contributed by atoms with E-state index in [1.807, 2.05) is 11.8 Å². The zero-order chi connectivity index (χ0) is 11.7. The Kier molecular flexibility index (Phi) is 3.10. The maximum Gasteiger partial charge on any atom is 0.156 e. The number of benzene rings is 1. The Morgan fingerprint density at radius 3 is 3.06 bits per heavy atom. The van der Waals surface area contributed by atoms with Crippen molar-refractivity contribution in [2.24, 2.45) is 4.99 Å². The standard InChI is InChI=1S/C14H18N2S/c1-2-12-9-16-14(17-12)15-8-11-7-10-5-3-4-6-13(10)11/h3-6,11-12H,2,7-9H2,1H3,(H,15,16). The molecule has 0 saturated carbocycles. The fourth-order valence-electron chi connectivity index (χ4n) is 2.48. The predicted molar refractivity (Wildman–Crippen MR) is 74.9 cm³/mol. The molecule has 0 saturated heterocycles. The van der Waals surface area contributed by atoms with E-state index >= 15 is 0 Å². The highest BCUT2D eigenvalue weighted by molar-refractivity contribution is 8.14. The number of nitrogens with one attached hydrogen (secondary N) is 1. The molecule has 17 heavy (non-hydrogen) atoms. The Morgan fingerprint density at radius 1 is 1.41 bits per heavy atom. The first-order valence-corrected chi connectivity index (χ1v) is 7.27. The molecule has 3 rings (SSSR count). The molecule has 0 radical (unpaired) electrons. The van der Waals surface area contributed by atoms with Crippen molar-refractivity contribution in [3.8, 4) is 0 Å². The molecule has 2 unspecified atom stereocenters. The van der Waals surface area contributed by atoms with Crippen LogP contribution in [0, 0.1) is 0 Å². The lowest BCUT2D eigenvalue weighted by Crippen LogP contribution is -2.31. The lowest BCUT2D eigenvalue weighted by molar-refractivity contribution is 0.592. The van der Waals surface area contributed by atoms with Gasteiger partial charge >= 0.3 is 0 Å². The van der Waals surface area contributed by atoms with Crippen LogP contribution in [-0.4, -0.2) is 23.5 Å². The van der Waals surface area contributed by atoms with Crippen LogP contribution in [0.3, 0.4) is 0 Å². The molecule has 0 spiro atoms. The van der Waals surface area contributed by atoms with Crippen LogP contribution >= 0.6 is 11.8 Å². The first-order chi connectivity index (χ1) is 8.36. The molecule has 1 N–H and O–H groups in total. The minimum atomic E-state index is 0.690. The van der Waals surface area contributed by atoms with E-state index in [0.717, 1.165) is 18.3 Å². The van der Waals surface area contributed by atoms with E-state index in [4.69, 9.17) is 0 Å². The monoisotopic (exact) mass is 246 g/mol. The molecular formula is C14H18N2S. The highest BCUT2D eigenvalue weighted by Crippen LogP contribution is 2.34. The molecule has 0 bridgehead atoms. The van der Waals surface area contributed by atoms with Crippen LogP contribution in [0.5, 0.6) is 0 Å². The van der Waals surface area contributed by atoms with Crippen molar-refractivity contribution in [2.75, 3.05) is 13.1 Å². The zero-order valence-electron chi connectivity index (χ0n) is 10.1. The third-order valence-electron chi connectivity index (χ3n) is 3.63. The summed E-state index contributed by atoms with van der Waals surface area (Å²) in [6.45, 7) is 4.27. The topological polar surface area (TPSA) is 24.4 Å². The van der Waals surface area contributed by atoms with Gasteiger partial charge in [-0.2, -0.15) is 0 Å². The molecule has 2 atom stereocenters. The third kappa shape index (κ3) is 2.21. The summed E-state index contributed by atoms with van der Waals surface area (Å²) >= 11 is 1.91. The number of hydrogen-bond donors (Lipinski definition) is 1. The van der Waals surface area contributed by atoms with E-state index in [9.17, 15) is 0 Å². The number of amidine groups is 1. The highest BCUT2D eigenvalue weighted by Gasteiger charge is 2.26. The molecule has 1 heterocycles. The van der Waals surface area contributed by atoms with Crippen LogP contribution in [0.25, 0.3) is 0 Å². The van der Waals surface area contributed by atoms with Crippen molar-refractivity contribution in [1.82, 2.24) is 5.32 Å². The lowest BCUT2D eigenvalue weighted by Gasteiger charge is -2.30. The van der Waals surface area contributed by atoms with Gasteiger partial charge in [-0.25, -0.2) is 0 Å². The van der Waals surface area contributed by atoms with Crippen molar-refractivity contribution >= 4 is 16.9 Å². The van der Waals surface area contributed by atoms with Gasteiger partial charge < -0.3 is 5.32 Å². The molecule has 0 amide bonds. The predicted octanol–water partition coefficient (Wildman–Crippen LogP) is 2.80. The van der Waals surface area contributed by atoms with Gasteiger partial charge in [-0.05, 0) is 24.0 Å². The molecular weight excluding hydrogens is 228 g/mol. The highest BCUT2D eigenvalue weighted by atomic mass is 32.2. The van der Waals surface area contributed by atoms with Crippen LogP contribution in [0.2, 0.25) is 0 Å². The van der Waals surface area contributed by atoms with E-state index in [1.165, 1.54) is 24.0 Å². The number of fused-ring (bicyclic) bond motifs is 1. The molecule has 1 aromatic carbocycles. The van der Waals surface area contributed by atoms with Gasteiger partial charge in [0.25, 0.3) is 0 Å². The first kappa shape index (κ1) is 11.1. The fourth-order valence-corrected chi connectivity index (χ4v) is 3.43. The summed E-state index contributed by atoms with van der Waals surface area (Å²) in [6.07, 6.45) is 2.43. The molecule has 1 aliphatic heterocycles. The smallest absolute Gasteiger partial charge is 0.156 e. The minimum absolute atomic E-state index is 0.690. The van der Waals surface area contributed by atoms with E-state index < -0.39 is 0 Å². The van der Waals surface area contributed by atoms with Crippen LogP contribution in [0.4, 0.5) is 0 Å². The number of nitrogens with zero attached hydrogens (tertiary/aromatic N) is 1. The van der Waals surface area contributed by atoms with Crippen LogP contribution < -0.4 is 5.32 Å². The van der Waals surface area contributed by atoms with E-state index in [-0.39, 0.29) is 0 Å². The molecule has 3 heteroatoms. The van der Waals surface area contributed by atoms with Crippen LogP contribution in [0.1, 0.15) is 30.4 Å². The van der Waals surface area contributed by atoms with Gasteiger partial charge in [0.2, 0.25) is 0 Å². The summed E-state index contributed by atoms with van der Waals surface area (Å²) in [4.78, 5) is 4.54. The fraction of sp³-hybridized carbons (Fsp3) is 0.500. The van der Waals surface area contributed by atoms with Crippen LogP contribution in [-0.2, 0) is 6.42 Å². The van der Waals surface area contributed by atoms with E-state index in [2.05, 4.69) is 41.5 Å². The Hall–Kier alpha value is -0.960. The quantitative estimate of drug-likeness (QED) is 0.887. The Labute approximate surface area is 107 Å². The molecule has 1 aliphatic carbocycles. The van der Waals surface area contributed by atoms with Gasteiger partial charge in [0.1, 0.15) is 0 Å². The molecule has 0 aromatic heterocycles. The van der Waals surface area contributed by atoms with Crippen molar-refractivity contribution in [2.45, 2.75) is 30.9 Å². The van der Waals surface area contributed by atoms with Crippen molar-refractivity contribution in [3.05, 3.63) is 35.4 Å². The maximum absolute atomic E-state index is 4.54. The Bertz CT molecular complexity index is 442. The second-order valence-corrected chi connectivity index (χ2v) is 6.06. The number of thioether (sulfide) groups is 1. The average Bonchev–Trinajstić information content (AvgIpc) is 2.78. The Balaban J connectivity index is 1.51. The molecule has 1 aromatic rings. The lowest BCUT2D eigenvalue weighted by atomic mass is 9.78. The normalized spacial score (nSPS) is 26.1. The number of rotatable bonds is 3. The average molecular weight is 246 g/mol. The summed E-state index contributed by atoms with van der Waals surface area (Å²) in [5.74, 6) is 0.690. The summed E-state index contributed by atoms with van der Waals surface area (Å²) < 4.78 is 0. The summed E-state index contributed by atoms with van der Waals surface area (Å²) in [7, 11) is 0. The van der Waals surface area contributed by atoms with Gasteiger partial charge in [-0.15, -0.1) is 0 Å². The van der Waals surface area contributed by atoms with Gasteiger partial charge in [-0.1, -0.05) is 43.0 Å². The number of aliphatic imine (C=N–C) groups is 1.